The van der Waals surface area contributed by atoms with Crippen molar-refractivity contribution >= 4 is 34.2 Å². The number of alkyl halides is 2. The Labute approximate surface area is 155 Å². The lowest BCUT2D eigenvalue weighted by Crippen LogP contribution is -2.26. The number of hydrogen-bond donors (Lipinski definition) is 0. The zero-order valence-corrected chi connectivity index (χ0v) is 15.0. The van der Waals surface area contributed by atoms with Crippen LogP contribution in [-0.2, 0) is 0 Å². The van der Waals surface area contributed by atoms with Crippen molar-refractivity contribution in [3.8, 4) is 5.69 Å². The number of pyridine rings is 2. The maximum absolute atomic E-state index is 13.8. The molecule has 0 saturated heterocycles. The predicted octanol–water partition coefficient (Wildman–Crippen LogP) is 4.68. The summed E-state index contributed by atoms with van der Waals surface area (Å²) in [7, 11) is 0. The van der Waals surface area contributed by atoms with Crippen LogP contribution in [0.1, 0.15) is 37.4 Å². The van der Waals surface area contributed by atoms with Crippen LogP contribution in [0.4, 0.5) is 13.2 Å². The van der Waals surface area contributed by atoms with Crippen molar-refractivity contribution in [3.63, 3.8) is 0 Å². The number of aromatic nitrogens is 4. The van der Waals surface area contributed by atoms with Gasteiger partial charge in [0.05, 0.1) is 16.8 Å². The Morgan fingerprint density at radius 1 is 1.15 bits per heavy atom. The molecule has 3 rings (SSSR count). The summed E-state index contributed by atoms with van der Waals surface area (Å²) in [6.07, 6.45) is -1.66. The molecular formula is C16H11Cl2F3N4O. The first-order valence-corrected chi connectivity index (χ1v) is 8.19. The Kier molecular flexibility index (Phi) is 4.90. The van der Waals surface area contributed by atoms with E-state index in [2.05, 4.69) is 15.0 Å². The van der Waals surface area contributed by atoms with Crippen LogP contribution >= 0.6 is 23.2 Å². The average Bonchev–Trinajstić information content (AvgIpc) is 2.56. The van der Waals surface area contributed by atoms with Gasteiger partial charge in [0, 0.05) is 11.8 Å². The fourth-order valence-electron chi connectivity index (χ4n) is 2.59. The minimum atomic E-state index is -2.89. The molecule has 3 aromatic heterocycles. The first-order valence-electron chi connectivity index (χ1n) is 7.44. The third-order valence-corrected chi connectivity index (χ3v) is 4.27. The van der Waals surface area contributed by atoms with E-state index in [1.54, 1.807) is 13.8 Å². The lowest BCUT2D eigenvalue weighted by atomic mass is 10.0. The Bertz CT molecular complexity index is 1040. The standard InChI is InChI=1S/C16H11Cl2F3N4O/c1-6(2)10-11(7(14(20)21)3-4-22-10)25-15-8(12(17)24-16(25)26)5-9(19)13(18)23-15/h3-6,14H,1-2H3. The largest absolute Gasteiger partial charge is 0.355 e. The average molecular weight is 403 g/mol. The highest BCUT2D eigenvalue weighted by Crippen LogP contribution is 2.33. The molecule has 26 heavy (non-hydrogen) atoms. The molecule has 0 spiro atoms. The van der Waals surface area contributed by atoms with Crippen molar-refractivity contribution in [2.75, 3.05) is 0 Å². The summed E-state index contributed by atoms with van der Waals surface area (Å²) >= 11 is 11.6. The van der Waals surface area contributed by atoms with E-state index in [1.807, 2.05) is 0 Å². The third kappa shape index (κ3) is 3.03. The van der Waals surface area contributed by atoms with Crippen LogP contribution < -0.4 is 5.69 Å². The molecule has 0 aliphatic heterocycles. The molecule has 10 heteroatoms. The summed E-state index contributed by atoms with van der Waals surface area (Å²) in [6.45, 7) is 3.47. The minimum Gasteiger partial charge on any atom is -0.259 e. The number of rotatable bonds is 3. The molecule has 0 saturated carbocycles. The first kappa shape index (κ1) is 18.6. The van der Waals surface area contributed by atoms with E-state index in [1.165, 1.54) is 6.20 Å². The SMILES string of the molecule is CC(C)c1nccc(C(F)F)c1-n1c(=O)nc(Cl)c2cc(F)c(Cl)nc21. The summed E-state index contributed by atoms with van der Waals surface area (Å²) in [6, 6.07) is 2.05. The molecule has 0 aromatic carbocycles. The molecule has 0 N–H and O–H groups in total. The molecule has 0 bridgehead atoms. The molecule has 3 heterocycles. The van der Waals surface area contributed by atoms with Gasteiger partial charge >= 0.3 is 5.69 Å². The van der Waals surface area contributed by atoms with Gasteiger partial charge in [0.2, 0.25) is 0 Å². The van der Waals surface area contributed by atoms with E-state index in [0.717, 1.165) is 16.7 Å². The van der Waals surface area contributed by atoms with E-state index in [9.17, 15) is 18.0 Å². The van der Waals surface area contributed by atoms with E-state index in [-0.39, 0.29) is 33.5 Å². The Morgan fingerprint density at radius 3 is 2.46 bits per heavy atom. The van der Waals surface area contributed by atoms with Gasteiger partial charge in [0.1, 0.15) is 5.15 Å². The second kappa shape index (κ2) is 6.85. The van der Waals surface area contributed by atoms with Gasteiger partial charge in [-0.2, -0.15) is 4.98 Å². The molecule has 0 atom stereocenters. The normalized spacial score (nSPS) is 11.7. The molecule has 0 aliphatic rings. The summed E-state index contributed by atoms with van der Waals surface area (Å²) in [5.41, 5.74) is -1.49. The molecular weight excluding hydrogens is 392 g/mol. The molecule has 0 aliphatic carbocycles. The Balaban J connectivity index is 2.55. The molecule has 0 fully saturated rings. The molecule has 0 radical (unpaired) electrons. The van der Waals surface area contributed by atoms with Crippen LogP contribution in [0.25, 0.3) is 16.7 Å². The van der Waals surface area contributed by atoms with Gasteiger partial charge in [-0.15, -0.1) is 0 Å². The van der Waals surface area contributed by atoms with Gasteiger partial charge in [-0.05, 0) is 18.1 Å². The van der Waals surface area contributed by atoms with Gasteiger partial charge in [-0.3, -0.25) is 4.98 Å². The van der Waals surface area contributed by atoms with E-state index in [0.29, 0.717) is 0 Å². The minimum absolute atomic E-state index is 0.0352. The second-order valence-electron chi connectivity index (χ2n) is 5.74. The van der Waals surface area contributed by atoms with E-state index in [4.69, 9.17) is 23.2 Å². The Hall–Kier alpha value is -2.19. The maximum atomic E-state index is 13.8. The number of hydrogen-bond acceptors (Lipinski definition) is 4. The fraction of sp³-hybridized carbons (Fsp3) is 0.250. The summed E-state index contributed by atoms with van der Waals surface area (Å²) in [5, 5.41) is -0.869. The van der Waals surface area contributed by atoms with Crippen molar-refractivity contribution < 1.29 is 13.2 Å². The number of fused-ring (bicyclic) bond motifs is 1. The molecule has 5 nitrogen and oxygen atoms in total. The highest BCUT2D eigenvalue weighted by atomic mass is 35.5. The number of halogens is 5. The first-order chi connectivity index (χ1) is 12.2. The third-order valence-electron chi connectivity index (χ3n) is 3.72. The van der Waals surface area contributed by atoms with Crippen molar-refractivity contribution in [2.24, 2.45) is 0 Å². The van der Waals surface area contributed by atoms with Crippen LogP contribution in [-0.4, -0.2) is 19.5 Å². The molecule has 0 unspecified atom stereocenters. The fourth-order valence-corrected chi connectivity index (χ4v) is 2.94. The Morgan fingerprint density at radius 2 is 1.85 bits per heavy atom. The van der Waals surface area contributed by atoms with Crippen molar-refractivity contribution in [3.05, 3.63) is 56.2 Å². The zero-order valence-electron chi connectivity index (χ0n) is 13.5. The van der Waals surface area contributed by atoms with Crippen LogP contribution in [0.2, 0.25) is 10.3 Å². The van der Waals surface area contributed by atoms with Crippen LogP contribution in [0, 0.1) is 5.82 Å². The lowest BCUT2D eigenvalue weighted by molar-refractivity contribution is 0.151. The van der Waals surface area contributed by atoms with Gasteiger partial charge < -0.3 is 0 Å². The number of nitrogens with zero attached hydrogens (tertiary/aromatic N) is 4. The maximum Gasteiger partial charge on any atom is 0.355 e. The second-order valence-corrected chi connectivity index (χ2v) is 6.46. The van der Waals surface area contributed by atoms with Crippen LogP contribution in [0.15, 0.2) is 23.1 Å². The smallest absolute Gasteiger partial charge is 0.259 e. The molecule has 0 amide bonds. The summed E-state index contributed by atoms with van der Waals surface area (Å²) < 4.78 is 41.9. The highest BCUT2D eigenvalue weighted by Gasteiger charge is 2.25. The predicted molar refractivity (Wildman–Crippen MR) is 92.0 cm³/mol. The van der Waals surface area contributed by atoms with Gasteiger partial charge in [-0.1, -0.05) is 37.0 Å². The van der Waals surface area contributed by atoms with Gasteiger partial charge in [-0.25, -0.2) is 27.5 Å². The van der Waals surface area contributed by atoms with E-state index >= 15 is 0 Å². The van der Waals surface area contributed by atoms with E-state index < -0.39 is 28.6 Å². The zero-order chi connectivity index (χ0) is 19.2. The highest BCUT2D eigenvalue weighted by molar-refractivity contribution is 6.34. The van der Waals surface area contributed by atoms with Crippen LogP contribution in [0.3, 0.4) is 0 Å². The topological polar surface area (TPSA) is 60.7 Å². The monoisotopic (exact) mass is 402 g/mol. The van der Waals surface area contributed by atoms with Crippen molar-refractivity contribution in [1.29, 1.82) is 0 Å². The van der Waals surface area contributed by atoms with Crippen molar-refractivity contribution in [2.45, 2.75) is 26.2 Å². The summed E-state index contributed by atoms with van der Waals surface area (Å²) in [4.78, 5) is 24.1. The van der Waals surface area contributed by atoms with Gasteiger partial charge in [0.15, 0.2) is 16.6 Å². The molecule has 136 valence electrons. The summed E-state index contributed by atoms with van der Waals surface area (Å²) in [5.74, 6) is -1.17. The lowest BCUT2D eigenvalue weighted by Gasteiger charge is -2.18. The molecule has 3 aromatic rings. The van der Waals surface area contributed by atoms with Gasteiger partial charge in [0.25, 0.3) is 6.43 Å². The van der Waals surface area contributed by atoms with Crippen LogP contribution in [0.5, 0.6) is 0 Å². The van der Waals surface area contributed by atoms with Crippen molar-refractivity contribution in [1.82, 2.24) is 19.5 Å². The quantitative estimate of drug-likeness (QED) is 0.471.